The Labute approximate surface area is 149 Å². The van der Waals surface area contributed by atoms with Crippen molar-refractivity contribution in [3.63, 3.8) is 0 Å². The molecule has 0 aliphatic heterocycles. The summed E-state index contributed by atoms with van der Waals surface area (Å²) < 4.78 is 0. The average Bonchev–Trinajstić information content (AvgIpc) is 3.04. The number of aromatic amines is 1. The highest BCUT2D eigenvalue weighted by Gasteiger charge is 2.12. The molecule has 126 valence electrons. The van der Waals surface area contributed by atoms with E-state index in [9.17, 15) is 5.11 Å². The maximum atomic E-state index is 9.38. The molecule has 1 atom stereocenters. The molecule has 3 N–H and O–H groups in total. The highest BCUT2D eigenvalue weighted by molar-refractivity contribution is 6.29. The van der Waals surface area contributed by atoms with Gasteiger partial charge in [0.2, 0.25) is 0 Å². The van der Waals surface area contributed by atoms with Crippen molar-refractivity contribution in [1.82, 2.24) is 19.9 Å². The van der Waals surface area contributed by atoms with Crippen LogP contribution in [0.2, 0.25) is 5.15 Å². The van der Waals surface area contributed by atoms with Crippen molar-refractivity contribution in [1.29, 1.82) is 0 Å². The fourth-order valence-electron chi connectivity index (χ4n) is 2.79. The topological polar surface area (TPSA) is 86.7 Å². The number of hydrogen-bond donors (Lipinski definition) is 3. The number of anilines is 1. The van der Waals surface area contributed by atoms with Crippen LogP contribution in [-0.2, 0) is 0 Å². The number of allylic oxidation sites excluding steroid dienone is 2. The van der Waals surface area contributed by atoms with Gasteiger partial charge in [0.25, 0.3) is 0 Å². The molecule has 0 amide bonds. The first-order valence-corrected chi connectivity index (χ1v) is 8.35. The second-order valence-electron chi connectivity index (χ2n) is 5.87. The van der Waals surface area contributed by atoms with Crippen molar-refractivity contribution >= 4 is 28.6 Å². The van der Waals surface area contributed by atoms with Crippen LogP contribution in [0.5, 0.6) is 0 Å². The summed E-state index contributed by atoms with van der Waals surface area (Å²) in [5.74, 6) is 1.45. The number of aliphatic hydroxyl groups excluding tert-OH is 1. The van der Waals surface area contributed by atoms with Crippen molar-refractivity contribution in [2.45, 2.75) is 6.42 Å². The monoisotopic (exact) mass is 353 g/mol. The second-order valence-corrected chi connectivity index (χ2v) is 6.25. The van der Waals surface area contributed by atoms with E-state index in [1.807, 2.05) is 36.5 Å². The van der Waals surface area contributed by atoms with Crippen LogP contribution < -0.4 is 5.32 Å². The molecule has 0 saturated carbocycles. The Bertz CT molecular complexity index is 979. The first-order valence-electron chi connectivity index (χ1n) is 7.97. The first-order chi connectivity index (χ1) is 12.2. The van der Waals surface area contributed by atoms with Gasteiger partial charge in [0, 0.05) is 18.3 Å². The Balaban J connectivity index is 1.55. The minimum absolute atomic E-state index is 0.329. The molecule has 3 aromatic heterocycles. The standard InChI is InChI=1S/C18H16ClN5O/c19-15-10-22-18-17(24-15)13(9-21-18)14-2-1-3-16(23-14)20-8-11-4-6-12(25)7-5-11/h1-4,6-7,9-11,25H,5,8H2,(H,20,23)(H,21,22). The van der Waals surface area contributed by atoms with Crippen LogP contribution in [0.3, 0.4) is 0 Å². The molecule has 0 fully saturated rings. The number of H-pyrrole nitrogens is 1. The minimum atomic E-state index is 0.329. The van der Waals surface area contributed by atoms with Crippen molar-refractivity contribution in [3.8, 4) is 11.3 Å². The summed E-state index contributed by atoms with van der Waals surface area (Å²) in [5, 5.41) is 13.1. The number of hydrogen-bond acceptors (Lipinski definition) is 5. The van der Waals surface area contributed by atoms with Gasteiger partial charge in [0.15, 0.2) is 5.65 Å². The summed E-state index contributed by atoms with van der Waals surface area (Å²) in [6.07, 6.45) is 9.72. The Morgan fingerprint density at radius 2 is 2.24 bits per heavy atom. The number of nitrogens with zero attached hydrogens (tertiary/aromatic N) is 3. The summed E-state index contributed by atoms with van der Waals surface area (Å²) >= 11 is 5.96. The molecular weight excluding hydrogens is 338 g/mol. The molecule has 0 spiro atoms. The van der Waals surface area contributed by atoms with Crippen LogP contribution in [0.15, 0.2) is 54.6 Å². The minimum Gasteiger partial charge on any atom is -0.508 e. The molecule has 1 aliphatic rings. The molecule has 0 aromatic carbocycles. The van der Waals surface area contributed by atoms with Gasteiger partial charge >= 0.3 is 0 Å². The van der Waals surface area contributed by atoms with E-state index in [1.165, 1.54) is 6.20 Å². The van der Waals surface area contributed by atoms with Crippen LogP contribution in [0, 0.1) is 5.92 Å². The van der Waals surface area contributed by atoms with E-state index in [0.29, 0.717) is 28.0 Å². The van der Waals surface area contributed by atoms with E-state index >= 15 is 0 Å². The lowest BCUT2D eigenvalue weighted by Gasteiger charge is -2.15. The first kappa shape index (κ1) is 15.7. The number of pyridine rings is 1. The summed E-state index contributed by atoms with van der Waals surface area (Å²) in [6.45, 7) is 0.746. The Morgan fingerprint density at radius 1 is 1.32 bits per heavy atom. The number of halogens is 1. The van der Waals surface area contributed by atoms with Crippen molar-refractivity contribution in [2.24, 2.45) is 5.92 Å². The lowest BCUT2D eigenvalue weighted by atomic mass is 10.0. The molecule has 3 heterocycles. The van der Waals surface area contributed by atoms with Gasteiger partial charge in [-0.05, 0) is 36.6 Å². The lowest BCUT2D eigenvalue weighted by molar-refractivity contribution is 0.422. The van der Waals surface area contributed by atoms with E-state index in [0.717, 1.165) is 30.0 Å². The van der Waals surface area contributed by atoms with Gasteiger partial charge in [-0.15, -0.1) is 0 Å². The van der Waals surface area contributed by atoms with Crippen LogP contribution in [0.1, 0.15) is 6.42 Å². The van der Waals surface area contributed by atoms with E-state index < -0.39 is 0 Å². The summed E-state index contributed by atoms with van der Waals surface area (Å²) in [7, 11) is 0. The van der Waals surface area contributed by atoms with E-state index in [1.54, 1.807) is 6.08 Å². The van der Waals surface area contributed by atoms with Gasteiger partial charge < -0.3 is 15.4 Å². The van der Waals surface area contributed by atoms with Gasteiger partial charge in [-0.3, -0.25) is 0 Å². The molecule has 3 aromatic rings. The molecule has 1 aliphatic carbocycles. The van der Waals surface area contributed by atoms with Gasteiger partial charge in [0.1, 0.15) is 22.2 Å². The van der Waals surface area contributed by atoms with Gasteiger partial charge in [-0.2, -0.15) is 0 Å². The lowest BCUT2D eigenvalue weighted by Crippen LogP contribution is -2.14. The summed E-state index contributed by atoms with van der Waals surface area (Å²) in [6, 6.07) is 5.80. The van der Waals surface area contributed by atoms with Crippen LogP contribution >= 0.6 is 11.6 Å². The van der Waals surface area contributed by atoms with Crippen LogP contribution in [0.4, 0.5) is 5.82 Å². The fraction of sp³-hybridized carbons (Fsp3) is 0.167. The number of aromatic nitrogens is 4. The number of fused-ring (bicyclic) bond motifs is 1. The molecule has 0 saturated heterocycles. The predicted octanol–water partition coefficient (Wildman–Crippen LogP) is 4.10. The molecular formula is C18H16ClN5O. The molecule has 4 rings (SSSR count). The zero-order valence-corrected chi connectivity index (χ0v) is 14.0. The highest BCUT2D eigenvalue weighted by Crippen LogP contribution is 2.26. The van der Waals surface area contributed by atoms with E-state index in [4.69, 9.17) is 11.6 Å². The molecule has 25 heavy (non-hydrogen) atoms. The maximum Gasteiger partial charge on any atom is 0.156 e. The normalized spacial score (nSPS) is 16.8. The maximum absolute atomic E-state index is 9.38. The quantitative estimate of drug-likeness (QED) is 0.657. The Kier molecular flexibility index (Phi) is 4.11. The SMILES string of the molecule is OC1=CCC(CNc2cccc(-c3c[nH]c4ncc(Cl)nc34)n2)C=C1. The molecule has 0 radical (unpaired) electrons. The number of rotatable bonds is 4. The zero-order valence-electron chi connectivity index (χ0n) is 13.3. The molecule has 7 heteroatoms. The summed E-state index contributed by atoms with van der Waals surface area (Å²) in [5.41, 5.74) is 3.04. The number of aliphatic hydroxyl groups is 1. The van der Waals surface area contributed by atoms with Crippen LogP contribution in [0.25, 0.3) is 22.4 Å². The Hall–Kier alpha value is -2.86. The molecule has 1 unspecified atom stereocenters. The highest BCUT2D eigenvalue weighted by atomic mass is 35.5. The van der Waals surface area contributed by atoms with E-state index in [2.05, 4.69) is 25.3 Å². The smallest absolute Gasteiger partial charge is 0.156 e. The summed E-state index contributed by atoms with van der Waals surface area (Å²) in [4.78, 5) is 16.3. The van der Waals surface area contributed by atoms with Crippen LogP contribution in [-0.4, -0.2) is 31.6 Å². The van der Waals surface area contributed by atoms with Crippen molar-refractivity contribution < 1.29 is 5.11 Å². The van der Waals surface area contributed by atoms with Crippen molar-refractivity contribution in [2.75, 3.05) is 11.9 Å². The fourth-order valence-corrected chi connectivity index (χ4v) is 2.92. The third-order valence-electron chi connectivity index (χ3n) is 4.09. The average molecular weight is 354 g/mol. The van der Waals surface area contributed by atoms with Gasteiger partial charge in [-0.1, -0.05) is 23.7 Å². The third kappa shape index (κ3) is 3.34. The second kappa shape index (κ2) is 6.57. The Morgan fingerprint density at radius 3 is 3.08 bits per heavy atom. The van der Waals surface area contributed by atoms with Gasteiger partial charge in [0.05, 0.1) is 11.9 Å². The van der Waals surface area contributed by atoms with Crippen molar-refractivity contribution in [3.05, 3.63) is 59.7 Å². The van der Waals surface area contributed by atoms with E-state index in [-0.39, 0.29) is 0 Å². The third-order valence-corrected chi connectivity index (χ3v) is 4.27. The zero-order chi connectivity index (χ0) is 17.2. The largest absolute Gasteiger partial charge is 0.508 e. The predicted molar refractivity (Wildman–Crippen MR) is 98.6 cm³/mol. The number of nitrogens with one attached hydrogen (secondary N) is 2. The molecule has 0 bridgehead atoms. The van der Waals surface area contributed by atoms with Gasteiger partial charge in [-0.25, -0.2) is 15.0 Å². The molecule has 6 nitrogen and oxygen atoms in total.